The molecular weight excluding hydrogens is 172 g/mol. The summed E-state index contributed by atoms with van der Waals surface area (Å²) in [6.07, 6.45) is 5.31. The van der Waals surface area contributed by atoms with E-state index in [9.17, 15) is 0 Å². The molecule has 0 aromatic rings. The monoisotopic (exact) mass is 199 g/mol. The molecule has 0 aliphatic rings. The molecule has 2 heteroatoms. The summed E-state index contributed by atoms with van der Waals surface area (Å²) in [5.74, 6) is 0. The predicted molar refractivity (Wildman–Crippen MR) is 64.1 cm³/mol. The summed E-state index contributed by atoms with van der Waals surface area (Å²) in [5.41, 5.74) is 0.380. The molecule has 1 N–H and O–H groups in total. The van der Waals surface area contributed by atoms with Crippen LogP contribution in [0.1, 0.15) is 27.2 Å². The molecule has 0 atom stereocenters. The average molecular weight is 199 g/mol. The van der Waals surface area contributed by atoms with Crippen LogP contribution in [0.4, 0.5) is 0 Å². The highest BCUT2D eigenvalue weighted by molar-refractivity contribution is 4.79. The molecule has 0 radical (unpaired) electrons. The summed E-state index contributed by atoms with van der Waals surface area (Å²) < 4.78 is 1.05. The minimum atomic E-state index is 0.380. The van der Waals surface area contributed by atoms with Gasteiger partial charge in [0.05, 0.1) is 27.7 Å². The van der Waals surface area contributed by atoms with Crippen molar-refractivity contribution < 1.29 is 4.48 Å². The van der Waals surface area contributed by atoms with Crippen LogP contribution in [0.15, 0.2) is 12.3 Å². The molecule has 0 spiro atoms. The number of nitrogens with one attached hydrogen (secondary N) is 1. The first kappa shape index (κ1) is 13.5. The first-order valence-corrected chi connectivity index (χ1v) is 5.42. The Kier molecular flexibility index (Phi) is 5.21. The van der Waals surface area contributed by atoms with Crippen LogP contribution >= 0.6 is 0 Å². The van der Waals surface area contributed by atoms with E-state index in [4.69, 9.17) is 0 Å². The van der Waals surface area contributed by atoms with Crippen molar-refractivity contribution in [1.29, 1.82) is 0 Å². The first-order valence-electron chi connectivity index (χ1n) is 5.42. The van der Waals surface area contributed by atoms with Gasteiger partial charge in [-0.2, -0.15) is 0 Å². The van der Waals surface area contributed by atoms with E-state index >= 15 is 0 Å². The molecule has 0 rings (SSSR count). The highest BCUT2D eigenvalue weighted by Gasteiger charge is 2.20. The molecule has 84 valence electrons. The summed E-state index contributed by atoms with van der Waals surface area (Å²) in [7, 11) is 6.74. The van der Waals surface area contributed by atoms with E-state index in [0.29, 0.717) is 5.41 Å². The maximum absolute atomic E-state index is 3.32. The quantitative estimate of drug-likeness (QED) is 0.647. The Balaban J connectivity index is 3.83. The Bertz CT molecular complexity index is 175. The zero-order chi connectivity index (χ0) is 11.2. The van der Waals surface area contributed by atoms with Crippen LogP contribution < -0.4 is 5.32 Å². The SMILES string of the molecule is CC=CNCC(C)(C)CC[N+](C)(C)C. The Hall–Kier alpha value is -0.500. The lowest BCUT2D eigenvalue weighted by atomic mass is 9.89. The van der Waals surface area contributed by atoms with Crippen LogP contribution in [-0.2, 0) is 0 Å². The Morgan fingerprint density at radius 2 is 1.79 bits per heavy atom. The number of hydrogen-bond donors (Lipinski definition) is 1. The number of rotatable bonds is 6. The van der Waals surface area contributed by atoms with Gasteiger partial charge >= 0.3 is 0 Å². The van der Waals surface area contributed by atoms with Crippen LogP contribution in [0.3, 0.4) is 0 Å². The van der Waals surface area contributed by atoms with Crippen molar-refractivity contribution in [2.45, 2.75) is 27.2 Å². The molecule has 0 saturated carbocycles. The standard InChI is InChI=1S/C12H27N2/c1-7-9-13-11-12(2,3)8-10-14(4,5)6/h7,9,13H,8,10-11H2,1-6H3/q+1. The Labute approximate surface area is 89.6 Å². The fourth-order valence-corrected chi connectivity index (χ4v) is 1.18. The van der Waals surface area contributed by atoms with Gasteiger partial charge in [-0.05, 0) is 18.5 Å². The first-order chi connectivity index (χ1) is 6.27. The molecule has 0 aromatic heterocycles. The normalized spacial score (nSPS) is 13.6. The number of nitrogens with zero attached hydrogens (tertiary/aromatic N) is 1. The van der Waals surface area contributed by atoms with Crippen LogP contribution in [0.2, 0.25) is 0 Å². The van der Waals surface area contributed by atoms with Gasteiger partial charge in [0.25, 0.3) is 0 Å². The van der Waals surface area contributed by atoms with Crippen molar-refractivity contribution in [3.63, 3.8) is 0 Å². The fourth-order valence-electron chi connectivity index (χ4n) is 1.18. The van der Waals surface area contributed by atoms with Crippen molar-refractivity contribution in [3.8, 4) is 0 Å². The van der Waals surface area contributed by atoms with Gasteiger partial charge in [-0.25, -0.2) is 0 Å². The van der Waals surface area contributed by atoms with E-state index in [1.165, 1.54) is 13.0 Å². The Morgan fingerprint density at radius 3 is 2.21 bits per heavy atom. The van der Waals surface area contributed by atoms with E-state index in [0.717, 1.165) is 11.0 Å². The Morgan fingerprint density at radius 1 is 1.21 bits per heavy atom. The van der Waals surface area contributed by atoms with Gasteiger partial charge in [-0.3, -0.25) is 0 Å². The molecule has 14 heavy (non-hydrogen) atoms. The molecule has 0 aromatic carbocycles. The third-order valence-corrected chi connectivity index (χ3v) is 2.32. The van der Waals surface area contributed by atoms with Crippen LogP contribution in [0, 0.1) is 5.41 Å². The van der Waals surface area contributed by atoms with Crippen LogP contribution in [0.5, 0.6) is 0 Å². The molecular formula is C12H27N2+. The number of allylic oxidation sites excluding steroid dienone is 1. The molecule has 0 amide bonds. The third kappa shape index (κ3) is 8.11. The minimum absolute atomic E-state index is 0.380. The van der Waals surface area contributed by atoms with Gasteiger partial charge in [-0.1, -0.05) is 19.9 Å². The zero-order valence-electron chi connectivity index (χ0n) is 10.7. The van der Waals surface area contributed by atoms with E-state index < -0.39 is 0 Å². The number of hydrogen-bond acceptors (Lipinski definition) is 1. The smallest absolute Gasteiger partial charge is 0.0786 e. The molecule has 0 unspecified atom stereocenters. The largest absolute Gasteiger partial charge is 0.391 e. The molecule has 0 heterocycles. The second-order valence-electron chi connectivity index (χ2n) is 5.81. The average Bonchev–Trinajstić information content (AvgIpc) is 2.00. The van der Waals surface area contributed by atoms with Gasteiger partial charge < -0.3 is 9.80 Å². The van der Waals surface area contributed by atoms with Gasteiger partial charge in [0.2, 0.25) is 0 Å². The summed E-state index contributed by atoms with van der Waals surface area (Å²) in [4.78, 5) is 0. The van der Waals surface area contributed by atoms with Crippen molar-refractivity contribution in [2.24, 2.45) is 5.41 Å². The lowest BCUT2D eigenvalue weighted by Crippen LogP contribution is -2.39. The van der Waals surface area contributed by atoms with Crippen molar-refractivity contribution >= 4 is 0 Å². The summed E-state index contributed by atoms with van der Waals surface area (Å²) in [6.45, 7) is 8.95. The van der Waals surface area contributed by atoms with E-state index in [1.54, 1.807) is 0 Å². The van der Waals surface area contributed by atoms with Gasteiger partial charge in [0.1, 0.15) is 0 Å². The lowest BCUT2D eigenvalue weighted by molar-refractivity contribution is -0.871. The fraction of sp³-hybridized carbons (Fsp3) is 0.833. The highest BCUT2D eigenvalue weighted by Crippen LogP contribution is 2.20. The predicted octanol–water partition coefficient (Wildman–Crippen LogP) is 2.23. The molecule has 2 nitrogen and oxygen atoms in total. The lowest BCUT2D eigenvalue weighted by Gasteiger charge is -2.30. The molecule has 0 aliphatic heterocycles. The molecule has 0 saturated heterocycles. The summed E-state index contributed by atoms with van der Waals surface area (Å²) >= 11 is 0. The topological polar surface area (TPSA) is 12.0 Å². The van der Waals surface area contributed by atoms with Crippen molar-refractivity contribution in [1.82, 2.24) is 5.32 Å². The van der Waals surface area contributed by atoms with Gasteiger partial charge in [-0.15, -0.1) is 0 Å². The van der Waals surface area contributed by atoms with Gasteiger partial charge in [0, 0.05) is 13.0 Å². The molecule has 0 bridgehead atoms. The maximum atomic E-state index is 3.32. The molecule has 0 aliphatic carbocycles. The minimum Gasteiger partial charge on any atom is -0.391 e. The molecule has 0 fully saturated rings. The van der Waals surface area contributed by atoms with Crippen molar-refractivity contribution in [2.75, 3.05) is 34.2 Å². The van der Waals surface area contributed by atoms with E-state index in [1.807, 2.05) is 19.2 Å². The van der Waals surface area contributed by atoms with Crippen molar-refractivity contribution in [3.05, 3.63) is 12.3 Å². The maximum Gasteiger partial charge on any atom is 0.0786 e. The summed E-state index contributed by atoms with van der Waals surface area (Å²) in [6, 6.07) is 0. The zero-order valence-corrected chi connectivity index (χ0v) is 10.7. The van der Waals surface area contributed by atoms with Crippen LogP contribution in [0.25, 0.3) is 0 Å². The van der Waals surface area contributed by atoms with E-state index in [2.05, 4.69) is 40.3 Å². The second kappa shape index (κ2) is 5.40. The summed E-state index contributed by atoms with van der Waals surface area (Å²) in [5, 5.41) is 3.32. The van der Waals surface area contributed by atoms with E-state index in [-0.39, 0.29) is 0 Å². The number of quaternary nitrogens is 1. The third-order valence-electron chi connectivity index (χ3n) is 2.32. The second-order valence-corrected chi connectivity index (χ2v) is 5.81. The van der Waals surface area contributed by atoms with Crippen LogP contribution in [-0.4, -0.2) is 38.7 Å². The van der Waals surface area contributed by atoms with Gasteiger partial charge in [0.15, 0.2) is 0 Å². The highest BCUT2D eigenvalue weighted by atomic mass is 15.3.